The van der Waals surface area contributed by atoms with Crippen molar-refractivity contribution in [3.8, 4) is 0 Å². The Balaban J connectivity index is 2.00. The summed E-state index contributed by atoms with van der Waals surface area (Å²) in [7, 11) is 0. The molecule has 106 valence electrons. The van der Waals surface area contributed by atoms with Crippen LogP contribution in [-0.4, -0.2) is 12.1 Å². The van der Waals surface area contributed by atoms with Crippen LogP contribution < -0.4 is 0 Å². The van der Waals surface area contributed by atoms with Crippen molar-refractivity contribution >= 4 is 5.90 Å². The van der Waals surface area contributed by atoms with Gasteiger partial charge < -0.3 is 4.74 Å². The van der Waals surface area contributed by atoms with Crippen molar-refractivity contribution in [1.82, 2.24) is 0 Å². The van der Waals surface area contributed by atoms with Gasteiger partial charge in [0.25, 0.3) is 5.90 Å². The molecule has 0 aromatic heterocycles. The van der Waals surface area contributed by atoms with Gasteiger partial charge in [-0.2, -0.15) is 13.2 Å². The molecule has 3 rings (SSSR count). The summed E-state index contributed by atoms with van der Waals surface area (Å²) in [5, 5.41) is 0. The lowest BCUT2D eigenvalue weighted by atomic mass is 9.88. The Morgan fingerprint density at radius 2 is 1.75 bits per heavy atom. The molecule has 0 spiro atoms. The molecule has 0 N–H and O–H groups in total. The normalized spacial score (nSPS) is 22.4. The van der Waals surface area contributed by atoms with E-state index in [1.807, 2.05) is 0 Å². The molecule has 1 heterocycles. The van der Waals surface area contributed by atoms with Crippen molar-refractivity contribution in [2.45, 2.75) is 31.5 Å². The number of alkyl halides is 3. The average molecular weight is 285 g/mol. The topological polar surface area (TPSA) is 21.6 Å². The Morgan fingerprint density at radius 3 is 2.25 bits per heavy atom. The highest BCUT2D eigenvalue weighted by molar-refractivity contribution is 5.85. The van der Waals surface area contributed by atoms with Crippen LogP contribution in [0, 0.1) is 5.82 Å². The van der Waals surface area contributed by atoms with Crippen LogP contribution in [0.15, 0.2) is 40.6 Å². The standard InChI is InChI=1S/C14H11F4NO/c15-10-6-4-8(5-7-10)11-12(9-2-1-3-9)20-13(19-11)14(16,17)18/h4-7,11H,1-3H2. The summed E-state index contributed by atoms with van der Waals surface area (Å²) in [4.78, 5) is 3.63. The van der Waals surface area contributed by atoms with E-state index in [4.69, 9.17) is 4.74 Å². The summed E-state index contributed by atoms with van der Waals surface area (Å²) in [5.74, 6) is -1.40. The maximum atomic E-state index is 12.9. The minimum absolute atomic E-state index is 0.259. The largest absolute Gasteiger partial charge is 0.468 e. The van der Waals surface area contributed by atoms with Crippen LogP contribution in [0.1, 0.15) is 30.9 Å². The second kappa shape index (κ2) is 4.61. The van der Waals surface area contributed by atoms with Gasteiger partial charge in [0.05, 0.1) is 0 Å². The average Bonchev–Trinajstić information content (AvgIpc) is 2.72. The van der Waals surface area contributed by atoms with E-state index in [2.05, 4.69) is 4.99 Å². The Kier molecular flexibility index (Phi) is 3.03. The second-order valence-electron chi connectivity index (χ2n) is 4.81. The van der Waals surface area contributed by atoms with Gasteiger partial charge in [-0.15, -0.1) is 0 Å². The third kappa shape index (κ3) is 2.30. The third-order valence-electron chi connectivity index (χ3n) is 3.44. The van der Waals surface area contributed by atoms with E-state index >= 15 is 0 Å². The first-order valence-electron chi connectivity index (χ1n) is 6.25. The molecule has 2 aliphatic rings. The number of benzene rings is 1. The van der Waals surface area contributed by atoms with Crippen LogP contribution >= 0.6 is 0 Å². The quantitative estimate of drug-likeness (QED) is 0.705. The van der Waals surface area contributed by atoms with Gasteiger partial charge in [-0.05, 0) is 42.5 Å². The van der Waals surface area contributed by atoms with Gasteiger partial charge in [0, 0.05) is 0 Å². The molecular weight excluding hydrogens is 274 g/mol. The fraction of sp³-hybridized carbons (Fsp3) is 0.357. The molecule has 1 saturated carbocycles. The van der Waals surface area contributed by atoms with Crippen molar-refractivity contribution in [3.05, 3.63) is 47.0 Å². The van der Waals surface area contributed by atoms with Crippen LogP contribution in [0.25, 0.3) is 0 Å². The zero-order valence-corrected chi connectivity index (χ0v) is 10.4. The summed E-state index contributed by atoms with van der Waals surface area (Å²) >= 11 is 0. The Hall–Kier alpha value is -1.85. The molecule has 0 radical (unpaired) electrons. The number of hydrogen-bond acceptors (Lipinski definition) is 2. The maximum absolute atomic E-state index is 12.9. The Morgan fingerprint density at radius 1 is 1.10 bits per heavy atom. The number of ether oxygens (including phenoxy) is 1. The Labute approximate surface area is 112 Å². The molecule has 20 heavy (non-hydrogen) atoms. The van der Waals surface area contributed by atoms with Gasteiger partial charge in [-0.25, -0.2) is 9.38 Å². The highest BCUT2D eigenvalue weighted by Crippen LogP contribution is 2.43. The molecule has 0 bridgehead atoms. The molecule has 2 nitrogen and oxygen atoms in total. The van der Waals surface area contributed by atoms with E-state index < -0.39 is 23.9 Å². The lowest BCUT2D eigenvalue weighted by molar-refractivity contribution is -0.0731. The number of aliphatic imine (C=N–C) groups is 1. The van der Waals surface area contributed by atoms with Crippen LogP contribution in [0.3, 0.4) is 0 Å². The molecule has 1 aliphatic carbocycles. The molecule has 6 heteroatoms. The first-order chi connectivity index (χ1) is 9.45. The number of rotatable bonds is 1. The second-order valence-corrected chi connectivity index (χ2v) is 4.81. The smallest absolute Gasteiger partial charge is 0.437 e. The Bertz CT molecular complexity index is 580. The molecule has 1 fully saturated rings. The SMILES string of the molecule is Fc1ccc(C2N=C(C(F)(F)F)OC2=C2CCC2)cc1. The summed E-state index contributed by atoms with van der Waals surface area (Å²) < 4.78 is 56.1. The third-order valence-corrected chi connectivity index (χ3v) is 3.44. The molecule has 1 unspecified atom stereocenters. The van der Waals surface area contributed by atoms with E-state index in [0.29, 0.717) is 5.56 Å². The minimum atomic E-state index is -4.61. The number of nitrogens with zero attached hydrogens (tertiary/aromatic N) is 1. The van der Waals surface area contributed by atoms with Gasteiger partial charge in [0.2, 0.25) is 0 Å². The summed E-state index contributed by atoms with van der Waals surface area (Å²) in [5.41, 5.74) is 1.36. The van der Waals surface area contributed by atoms with Crippen molar-refractivity contribution in [3.63, 3.8) is 0 Å². The number of hydrogen-bond donors (Lipinski definition) is 0. The zero-order valence-electron chi connectivity index (χ0n) is 10.4. The monoisotopic (exact) mass is 285 g/mol. The van der Waals surface area contributed by atoms with E-state index in [0.717, 1.165) is 24.8 Å². The van der Waals surface area contributed by atoms with Gasteiger partial charge in [0.15, 0.2) is 0 Å². The highest BCUT2D eigenvalue weighted by Gasteiger charge is 2.45. The molecular formula is C14H11F4NO. The number of allylic oxidation sites excluding steroid dienone is 1. The van der Waals surface area contributed by atoms with Crippen LogP contribution in [0.5, 0.6) is 0 Å². The van der Waals surface area contributed by atoms with E-state index in [9.17, 15) is 17.6 Å². The van der Waals surface area contributed by atoms with Gasteiger partial charge in [-0.1, -0.05) is 12.1 Å². The lowest BCUT2D eigenvalue weighted by Crippen LogP contribution is -2.22. The number of halogens is 4. The van der Waals surface area contributed by atoms with Crippen molar-refractivity contribution in [1.29, 1.82) is 0 Å². The molecule has 1 aromatic carbocycles. The minimum Gasteiger partial charge on any atom is -0.437 e. The summed E-state index contributed by atoms with van der Waals surface area (Å²) in [6.07, 6.45) is -2.20. The summed E-state index contributed by atoms with van der Waals surface area (Å²) in [6, 6.07) is 4.47. The molecule has 1 aliphatic heterocycles. The predicted molar refractivity (Wildman–Crippen MR) is 64.6 cm³/mol. The van der Waals surface area contributed by atoms with Gasteiger partial charge in [-0.3, -0.25) is 0 Å². The highest BCUT2D eigenvalue weighted by atomic mass is 19.4. The fourth-order valence-corrected chi connectivity index (χ4v) is 2.23. The van der Waals surface area contributed by atoms with Crippen LogP contribution in [0.2, 0.25) is 0 Å². The first-order valence-corrected chi connectivity index (χ1v) is 6.25. The first kappa shape index (κ1) is 13.1. The summed E-state index contributed by atoms with van der Waals surface area (Å²) in [6.45, 7) is 0. The lowest BCUT2D eigenvalue weighted by Gasteiger charge is -2.21. The van der Waals surface area contributed by atoms with Crippen molar-refractivity contribution in [2.75, 3.05) is 0 Å². The fourth-order valence-electron chi connectivity index (χ4n) is 2.23. The van der Waals surface area contributed by atoms with Crippen LogP contribution in [-0.2, 0) is 4.74 Å². The van der Waals surface area contributed by atoms with Crippen molar-refractivity contribution < 1.29 is 22.3 Å². The maximum Gasteiger partial charge on any atom is 0.468 e. The van der Waals surface area contributed by atoms with E-state index in [1.165, 1.54) is 24.3 Å². The zero-order chi connectivity index (χ0) is 14.3. The van der Waals surface area contributed by atoms with Crippen LogP contribution in [0.4, 0.5) is 17.6 Å². The van der Waals surface area contributed by atoms with Crippen molar-refractivity contribution in [2.24, 2.45) is 4.99 Å². The predicted octanol–water partition coefficient (Wildman–Crippen LogP) is 4.30. The van der Waals surface area contributed by atoms with Gasteiger partial charge in [0.1, 0.15) is 17.6 Å². The van der Waals surface area contributed by atoms with Gasteiger partial charge >= 0.3 is 6.18 Å². The van der Waals surface area contributed by atoms with E-state index in [-0.39, 0.29) is 5.76 Å². The molecule has 1 atom stereocenters. The molecule has 1 aromatic rings. The molecule has 0 amide bonds. The van der Waals surface area contributed by atoms with E-state index in [1.54, 1.807) is 0 Å². The molecule has 0 saturated heterocycles.